The van der Waals surface area contributed by atoms with Gasteiger partial charge in [0.1, 0.15) is 17.1 Å². The Hall–Kier alpha value is -3.74. The van der Waals surface area contributed by atoms with Gasteiger partial charge in [0, 0.05) is 43.1 Å². The van der Waals surface area contributed by atoms with E-state index in [0.29, 0.717) is 19.1 Å². The van der Waals surface area contributed by atoms with E-state index < -0.39 is 5.60 Å². The van der Waals surface area contributed by atoms with Gasteiger partial charge >= 0.3 is 6.09 Å². The van der Waals surface area contributed by atoms with Crippen LogP contribution >= 0.6 is 0 Å². The number of aromatic nitrogens is 1. The maximum Gasteiger partial charge on any atom is 0.410 e. The van der Waals surface area contributed by atoms with Crippen LogP contribution in [0.5, 0.6) is 11.5 Å². The number of methoxy groups -OCH3 is 2. The number of nitrogens with zero attached hydrogens (tertiary/aromatic N) is 3. The third kappa shape index (κ3) is 7.18. The van der Waals surface area contributed by atoms with E-state index in [1.54, 1.807) is 14.2 Å². The molecule has 0 radical (unpaired) electrons. The molecule has 0 N–H and O–H groups in total. The lowest BCUT2D eigenvalue weighted by molar-refractivity contribution is 0.0204. The van der Waals surface area contributed by atoms with Crippen molar-refractivity contribution in [3.05, 3.63) is 72.4 Å². The predicted octanol–water partition coefficient (Wildman–Crippen LogP) is 6.21. The van der Waals surface area contributed by atoms with Gasteiger partial charge in [0.15, 0.2) is 0 Å². The molecule has 0 unspecified atom stereocenters. The van der Waals surface area contributed by atoms with Crippen LogP contribution < -0.4 is 14.4 Å². The Bertz CT molecular complexity index is 1200. The van der Waals surface area contributed by atoms with Crippen LogP contribution in [0.1, 0.15) is 39.2 Å². The molecule has 0 saturated carbocycles. The number of carbonyl (C=O) groups excluding carboxylic acids is 1. The molecule has 1 saturated heterocycles. The fourth-order valence-electron chi connectivity index (χ4n) is 4.80. The van der Waals surface area contributed by atoms with E-state index in [0.717, 1.165) is 54.3 Å². The minimum Gasteiger partial charge on any atom is -0.497 e. The zero-order valence-electron chi connectivity index (χ0n) is 23.1. The number of rotatable bonds is 8. The van der Waals surface area contributed by atoms with Gasteiger partial charge in [-0.25, -0.2) is 4.79 Å². The van der Waals surface area contributed by atoms with Crippen LogP contribution in [0, 0.1) is 0 Å². The lowest BCUT2D eigenvalue weighted by atomic mass is 10.0. The lowest BCUT2D eigenvalue weighted by Gasteiger charge is -2.40. The first kappa shape index (κ1) is 27.3. The van der Waals surface area contributed by atoms with Crippen LogP contribution in [0.2, 0.25) is 0 Å². The van der Waals surface area contributed by atoms with E-state index in [1.807, 2.05) is 62.2 Å². The van der Waals surface area contributed by atoms with Crippen molar-refractivity contribution in [3.63, 3.8) is 0 Å². The van der Waals surface area contributed by atoms with Crippen molar-refractivity contribution in [2.75, 3.05) is 38.8 Å². The fourth-order valence-corrected chi connectivity index (χ4v) is 4.80. The van der Waals surface area contributed by atoms with Crippen molar-refractivity contribution in [1.82, 2.24) is 9.88 Å². The maximum atomic E-state index is 12.6. The molecular weight excluding hydrogens is 478 g/mol. The number of benzene rings is 2. The molecule has 1 amide bonds. The third-order valence-electron chi connectivity index (χ3n) is 6.79. The fraction of sp³-hybridized carbons (Fsp3) is 0.419. The number of hydrogen-bond donors (Lipinski definition) is 0. The molecule has 7 heteroatoms. The molecule has 38 heavy (non-hydrogen) atoms. The second-order valence-electron chi connectivity index (χ2n) is 10.6. The molecule has 4 rings (SSSR count). The number of piperidine rings is 1. The molecular formula is C31H39N3O4. The summed E-state index contributed by atoms with van der Waals surface area (Å²) >= 11 is 0. The van der Waals surface area contributed by atoms with Gasteiger partial charge < -0.3 is 24.0 Å². The number of likely N-dealkylation sites (tertiary alicyclic amines) is 1. The van der Waals surface area contributed by atoms with E-state index in [-0.39, 0.29) is 6.09 Å². The Morgan fingerprint density at radius 1 is 0.974 bits per heavy atom. The number of pyridine rings is 1. The van der Waals surface area contributed by atoms with Crippen LogP contribution in [-0.2, 0) is 11.2 Å². The first-order valence-electron chi connectivity index (χ1n) is 13.2. The normalized spacial score (nSPS) is 14.2. The molecule has 0 aliphatic carbocycles. The smallest absolute Gasteiger partial charge is 0.410 e. The van der Waals surface area contributed by atoms with Crippen molar-refractivity contribution in [1.29, 1.82) is 0 Å². The van der Waals surface area contributed by atoms with E-state index in [2.05, 4.69) is 40.2 Å². The average molecular weight is 518 g/mol. The van der Waals surface area contributed by atoms with E-state index in [4.69, 9.17) is 14.2 Å². The van der Waals surface area contributed by atoms with Gasteiger partial charge in [0.25, 0.3) is 0 Å². The highest BCUT2D eigenvalue weighted by Crippen LogP contribution is 2.28. The Morgan fingerprint density at radius 2 is 1.68 bits per heavy atom. The Labute approximate surface area is 226 Å². The molecule has 202 valence electrons. The summed E-state index contributed by atoms with van der Waals surface area (Å²) < 4.78 is 16.4. The zero-order valence-corrected chi connectivity index (χ0v) is 23.1. The highest BCUT2D eigenvalue weighted by molar-refractivity contribution is 5.68. The monoisotopic (exact) mass is 517 g/mol. The van der Waals surface area contributed by atoms with E-state index >= 15 is 0 Å². The summed E-state index contributed by atoms with van der Waals surface area (Å²) in [7, 11) is 3.36. The molecule has 1 aromatic heterocycles. The maximum absolute atomic E-state index is 12.6. The number of ether oxygens (including phenoxy) is 3. The molecule has 0 atom stereocenters. The summed E-state index contributed by atoms with van der Waals surface area (Å²) in [5.74, 6) is 1.66. The lowest BCUT2D eigenvalue weighted by Crippen LogP contribution is -2.48. The van der Waals surface area contributed by atoms with Gasteiger partial charge in [-0.3, -0.25) is 4.98 Å². The molecule has 2 heterocycles. The molecule has 3 aromatic rings. The molecule has 0 bridgehead atoms. The molecule has 0 spiro atoms. The zero-order chi connectivity index (χ0) is 27.1. The van der Waals surface area contributed by atoms with Gasteiger partial charge in [-0.2, -0.15) is 0 Å². The SMILES string of the molecule is COc1ccc(N(CCc2ccnc(-c3cccc(OC)c3)c2)C2CCN(C(=O)OC(C)(C)C)CC2)cc1. The van der Waals surface area contributed by atoms with Crippen molar-refractivity contribution in [2.45, 2.75) is 51.7 Å². The third-order valence-corrected chi connectivity index (χ3v) is 6.79. The number of amides is 1. The summed E-state index contributed by atoms with van der Waals surface area (Å²) in [6.45, 7) is 7.93. The Kier molecular flexibility index (Phi) is 8.77. The first-order chi connectivity index (χ1) is 18.3. The van der Waals surface area contributed by atoms with Crippen molar-refractivity contribution in [3.8, 4) is 22.8 Å². The molecule has 2 aromatic carbocycles. The largest absolute Gasteiger partial charge is 0.497 e. The van der Waals surface area contributed by atoms with Gasteiger partial charge in [-0.15, -0.1) is 0 Å². The molecule has 1 aliphatic rings. The van der Waals surface area contributed by atoms with Gasteiger partial charge in [0.2, 0.25) is 0 Å². The highest BCUT2D eigenvalue weighted by atomic mass is 16.6. The Balaban J connectivity index is 1.48. The molecule has 7 nitrogen and oxygen atoms in total. The minimum absolute atomic E-state index is 0.228. The van der Waals surface area contributed by atoms with Gasteiger partial charge in [-0.1, -0.05) is 12.1 Å². The summed E-state index contributed by atoms with van der Waals surface area (Å²) in [5.41, 5.74) is 3.86. The summed E-state index contributed by atoms with van der Waals surface area (Å²) in [5, 5.41) is 0. The highest BCUT2D eigenvalue weighted by Gasteiger charge is 2.29. The summed E-state index contributed by atoms with van der Waals surface area (Å²) in [6.07, 6.45) is 4.29. The van der Waals surface area contributed by atoms with Crippen LogP contribution in [0.15, 0.2) is 66.9 Å². The van der Waals surface area contributed by atoms with Crippen LogP contribution in [-0.4, -0.2) is 61.5 Å². The second kappa shape index (κ2) is 12.2. The van der Waals surface area contributed by atoms with E-state index in [9.17, 15) is 4.79 Å². The summed E-state index contributed by atoms with van der Waals surface area (Å²) in [4.78, 5) is 21.5. The van der Waals surface area contributed by atoms with Crippen molar-refractivity contribution < 1.29 is 19.0 Å². The molecule has 1 aliphatic heterocycles. The quantitative estimate of drug-likeness (QED) is 0.354. The van der Waals surface area contributed by atoms with Gasteiger partial charge in [0.05, 0.1) is 19.9 Å². The predicted molar refractivity (Wildman–Crippen MR) is 151 cm³/mol. The summed E-state index contributed by atoms with van der Waals surface area (Å²) in [6, 6.07) is 20.8. The first-order valence-corrected chi connectivity index (χ1v) is 13.2. The average Bonchev–Trinajstić information content (AvgIpc) is 2.93. The second-order valence-corrected chi connectivity index (χ2v) is 10.6. The van der Waals surface area contributed by atoms with E-state index in [1.165, 1.54) is 5.56 Å². The van der Waals surface area contributed by atoms with Crippen molar-refractivity contribution in [2.24, 2.45) is 0 Å². The van der Waals surface area contributed by atoms with Crippen LogP contribution in [0.25, 0.3) is 11.3 Å². The minimum atomic E-state index is -0.489. The van der Waals surface area contributed by atoms with Crippen LogP contribution in [0.4, 0.5) is 10.5 Å². The standard InChI is InChI=1S/C31H39N3O4/c1-31(2,3)38-30(35)33-18-15-26(16-19-33)34(25-9-11-27(36-4)12-10-25)20-14-23-13-17-32-29(21-23)24-7-6-8-28(22-24)37-5/h6-13,17,21-22,26H,14-16,18-20H2,1-5H3. The number of hydrogen-bond acceptors (Lipinski definition) is 6. The Morgan fingerprint density at radius 3 is 2.34 bits per heavy atom. The van der Waals surface area contributed by atoms with Crippen molar-refractivity contribution >= 4 is 11.8 Å². The number of carbonyl (C=O) groups is 1. The van der Waals surface area contributed by atoms with Crippen LogP contribution in [0.3, 0.4) is 0 Å². The molecule has 1 fully saturated rings. The topological polar surface area (TPSA) is 64.1 Å². The number of anilines is 1. The van der Waals surface area contributed by atoms with Gasteiger partial charge in [-0.05, 0) is 94.1 Å².